The van der Waals surface area contributed by atoms with Crippen molar-refractivity contribution in [2.24, 2.45) is 5.73 Å². The third-order valence-corrected chi connectivity index (χ3v) is 5.51. The van der Waals surface area contributed by atoms with Crippen LogP contribution in [-0.2, 0) is 14.8 Å². The predicted molar refractivity (Wildman–Crippen MR) is 74.2 cm³/mol. The van der Waals surface area contributed by atoms with Crippen LogP contribution in [0.15, 0.2) is 10.3 Å². The molecule has 9 heteroatoms. The normalized spacial score (nSPS) is 12.3. The summed E-state index contributed by atoms with van der Waals surface area (Å²) in [5, 5.41) is 10.5. The van der Waals surface area contributed by atoms with Crippen molar-refractivity contribution in [3.05, 3.63) is 15.8 Å². The van der Waals surface area contributed by atoms with Gasteiger partial charge in [0.2, 0.25) is 15.9 Å². The molecule has 0 aliphatic carbocycles. The first-order valence-electron chi connectivity index (χ1n) is 5.60. The Morgan fingerprint density at radius 2 is 2.00 bits per heavy atom. The Morgan fingerprint density at radius 1 is 1.45 bits per heavy atom. The fourth-order valence-corrected chi connectivity index (χ4v) is 4.85. The molecule has 1 heterocycles. The van der Waals surface area contributed by atoms with E-state index in [2.05, 4.69) is 4.72 Å². The van der Waals surface area contributed by atoms with Gasteiger partial charge in [0.05, 0.1) is 0 Å². The van der Waals surface area contributed by atoms with Gasteiger partial charge in [-0.15, -0.1) is 11.3 Å². The molecule has 0 spiro atoms. The maximum absolute atomic E-state index is 12.3. The Morgan fingerprint density at radius 3 is 2.45 bits per heavy atom. The number of carboxylic acid groups (broad SMARTS) is 1. The molecule has 112 valence electrons. The highest BCUT2D eigenvalue weighted by Crippen LogP contribution is 2.28. The van der Waals surface area contributed by atoms with Crippen molar-refractivity contribution in [3.8, 4) is 0 Å². The highest BCUT2D eigenvalue weighted by molar-refractivity contribution is 7.89. The number of hydrogen-bond donors (Lipinski definition) is 3. The van der Waals surface area contributed by atoms with E-state index >= 15 is 0 Å². The van der Waals surface area contributed by atoms with Crippen molar-refractivity contribution in [2.45, 2.75) is 37.6 Å². The Balaban J connectivity index is 3.22. The third-order valence-electron chi connectivity index (χ3n) is 2.41. The summed E-state index contributed by atoms with van der Waals surface area (Å²) >= 11 is 0.841. The SMILES string of the molecule is Cc1csc(C(=O)O)c1S(=O)(=O)NC(C)(C)CC(N)=O. The zero-order valence-electron chi connectivity index (χ0n) is 11.3. The number of sulfonamides is 1. The fourth-order valence-electron chi connectivity index (χ4n) is 1.80. The van der Waals surface area contributed by atoms with Crippen LogP contribution in [0.2, 0.25) is 0 Å². The molecule has 4 N–H and O–H groups in total. The van der Waals surface area contributed by atoms with E-state index in [0.717, 1.165) is 11.3 Å². The summed E-state index contributed by atoms with van der Waals surface area (Å²) in [6.07, 6.45) is -0.197. The van der Waals surface area contributed by atoms with Crippen LogP contribution >= 0.6 is 11.3 Å². The van der Waals surface area contributed by atoms with E-state index in [1.54, 1.807) is 0 Å². The van der Waals surface area contributed by atoms with Gasteiger partial charge in [-0.1, -0.05) is 0 Å². The summed E-state index contributed by atoms with van der Waals surface area (Å²) in [6.45, 7) is 4.51. The predicted octanol–water partition coefficient (Wildman–Crippen LogP) is 0.687. The molecule has 1 aromatic rings. The van der Waals surface area contributed by atoms with E-state index in [1.807, 2.05) is 0 Å². The van der Waals surface area contributed by atoms with Crippen LogP contribution in [0.3, 0.4) is 0 Å². The number of nitrogens with one attached hydrogen (secondary N) is 1. The summed E-state index contributed by atoms with van der Waals surface area (Å²) in [7, 11) is -4.05. The number of nitrogens with two attached hydrogens (primary N) is 1. The van der Waals surface area contributed by atoms with Crippen LogP contribution in [0.25, 0.3) is 0 Å². The van der Waals surface area contributed by atoms with E-state index in [-0.39, 0.29) is 16.2 Å². The Labute approximate surface area is 120 Å². The lowest BCUT2D eigenvalue weighted by molar-refractivity contribution is -0.119. The summed E-state index contributed by atoms with van der Waals surface area (Å²) in [6, 6.07) is 0. The number of primary amides is 1. The van der Waals surface area contributed by atoms with Crippen LogP contribution in [0.5, 0.6) is 0 Å². The van der Waals surface area contributed by atoms with E-state index in [9.17, 15) is 18.0 Å². The molecule has 1 rings (SSSR count). The topological polar surface area (TPSA) is 127 Å². The zero-order valence-corrected chi connectivity index (χ0v) is 12.9. The van der Waals surface area contributed by atoms with E-state index in [0.29, 0.717) is 5.56 Å². The van der Waals surface area contributed by atoms with Gasteiger partial charge < -0.3 is 10.8 Å². The second-order valence-electron chi connectivity index (χ2n) is 5.01. The average Bonchev–Trinajstić information content (AvgIpc) is 2.56. The van der Waals surface area contributed by atoms with Crippen molar-refractivity contribution < 1.29 is 23.1 Å². The summed E-state index contributed by atoms with van der Waals surface area (Å²) in [5.74, 6) is -1.96. The minimum atomic E-state index is -4.05. The van der Waals surface area contributed by atoms with Gasteiger partial charge in [0, 0.05) is 12.0 Å². The monoisotopic (exact) mass is 320 g/mol. The molecule has 1 amide bonds. The first-order chi connectivity index (χ1) is 8.96. The Hall–Kier alpha value is -1.45. The molecule has 0 fully saturated rings. The van der Waals surface area contributed by atoms with Gasteiger partial charge in [-0.05, 0) is 31.7 Å². The molecule has 0 bridgehead atoms. The van der Waals surface area contributed by atoms with E-state index < -0.39 is 27.4 Å². The number of aromatic carboxylic acids is 1. The number of rotatable bonds is 6. The Kier molecular flexibility index (Phi) is 4.57. The molecule has 0 aliphatic heterocycles. The number of hydrogen-bond acceptors (Lipinski definition) is 5. The number of carboxylic acids is 1. The van der Waals surface area contributed by atoms with Crippen LogP contribution in [0.1, 0.15) is 35.5 Å². The molecule has 7 nitrogen and oxygen atoms in total. The lowest BCUT2D eigenvalue weighted by Crippen LogP contribution is -2.46. The van der Waals surface area contributed by atoms with Crippen molar-refractivity contribution in [3.63, 3.8) is 0 Å². The molecule has 0 unspecified atom stereocenters. The lowest BCUT2D eigenvalue weighted by Gasteiger charge is -2.24. The van der Waals surface area contributed by atoms with Gasteiger partial charge in [0.1, 0.15) is 9.77 Å². The molecule has 0 saturated carbocycles. The van der Waals surface area contributed by atoms with Crippen molar-refractivity contribution in [1.82, 2.24) is 4.72 Å². The third kappa shape index (κ3) is 3.78. The molecule has 0 aliphatic rings. The first kappa shape index (κ1) is 16.6. The van der Waals surface area contributed by atoms with Gasteiger partial charge in [-0.3, -0.25) is 4.79 Å². The van der Waals surface area contributed by atoms with Crippen molar-refractivity contribution >= 4 is 33.2 Å². The van der Waals surface area contributed by atoms with Gasteiger partial charge in [-0.2, -0.15) is 0 Å². The maximum Gasteiger partial charge on any atom is 0.347 e. The number of aryl methyl sites for hydroxylation is 1. The molecule has 0 radical (unpaired) electrons. The average molecular weight is 320 g/mol. The fraction of sp³-hybridized carbons (Fsp3) is 0.455. The molecule has 1 aromatic heterocycles. The molecule has 20 heavy (non-hydrogen) atoms. The quantitative estimate of drug-likeness (QED) is 0.710. The van der Waals surface area contributed by atoms with E-state index in [4.69, 9.17) is 10.8 Å². The number of carbonyl (C=O) groups is 2. The highest BCUT2D eigenvalue weighted by atomic mass is 32.2. The molecule has 0 aromatic carbocycles. The minimum Gasteiger partial charge on any atom is -0.477 e. The second kappa shape index (κ2) is 5.51. The largest absolute Gasteiger partial charge is 0.477 e. The second-order valence-corrected chi connectivity index (χ2v) is 7.51. The Bertz CT molecular complexity index is 646. The summed E-state index contributed by atoms with van der Waals surface area (Å²) < 4.78 is 27.0. The van der Waals surface area contributed by atoms with Gasteiger partial charge in [-0.25, -0.2) is 17.9 Å². The maximum atomic E-state index is 12.3. The van der Waals surface area contributed by atoms with Crippen molar-refractivity contribution in [2.75, 3.05) is 0 Å². The van der Waals surface area contributed by atoms with Crippen LogP contribution in [0.4, 0.5) is 0 Å². The minimum absolute atomic E-state index is 0.197. The van der Waals surface area contributed by atoms with Gasteiger partial charge in [0.25, 0.3) is 0 Å². The number of carbonyl (C=O) groups excluding carboxylic acids is 1. The van der Waals surface area contributed by atoms with Gasteiger partial charge >= 0.3 is 5.97 Å². The van der Waals surface area contributed by atoms with Crippen molar-refractivity contribution in [1.29, 1.82) is 0 Å². The number of thiophene rings is 1. The smallest absolute Gasteiger partial charge is 0.347 e. The summed E-state index contributed by atoms with van der Waals surface area (Å²) in [5.41, 5.74) is 4.30. The lowest BCUT2D eigenvalue weighted by atomic mass is 10.0. The zero-order chi connectivity index (χ0) is 15.7. The number of amides is 1. The van der Waals surface area contributed by atoms with Crippen LogP contribution < -0.4 is 10.5 Å². The standard InChI is InChI=1S/C11H16N2O5S2/c1-6-5-19-8(10(15)16)9(6)20(17,18)13-11(2,3)4-7(12)14/h5,13H,4H2,1-3H3,(H2,12,14)(H,15,16). The van der Waals surface area contributed by atoms with Crippen LogP contribution in [0, 0.1) is 6.92 Å². The molecule has 0 atom stereocenters. The molecule has 0 saturated heterocycles. The van der Waals surface area contributed by atoms with Crippen LogP contribution in [-0.4, -0.2) is 30.9 Å². The van der Waals surface area contributed by atoms with Gasteiger partial charge in [0.15, 0.2) is 0 Å². The van der Waals surface area contributed by atoms with E-state index in [1.165, 1.54) is 26.2 Å². The molecular formula is C11H16N2O5S2. The molecular weight excluding hydrogens is 304 g/mol. The first-order valence-corrected chi connectivity index (χ1v) is 7.96. The highest BCUT2D eigenvalue weighted by Gasteiger charge is 2.32. The summed E-state index contributed by atoms with van der Waals surface area (Å²) in [4.78, 5) is 21.5.